The van der Waals surface area contributed by atoms with Gasteiger partial charge in [-0.25, -0.2) is 0 Å². The van der Waals surface area contributed by atoms with Crippen molar-refractivity contribution in [3.8, 4) is 16.5 Å². The number of thiophene rings is 1. The third-order valence-corrected chi connectivity index (χ3v) is 4.43. The lowest BCUT2D eigenvalue weighted by Gasteiger charge is -2.22. The second kappa shape index (κ2) is 4.89. The van der Waals surface area contributed by atoms with Gasteiger partial charge in [0.1, 0.15) is 5.75 Å². The zero-order valence-electron chi connectivity index (χ0n) is 11.2. The normalized spacial score (nSPS) is 17.2. The summed E-state index contributed by atoms with van der Waals surface area (Å²) in [7, 11) is 0. The van der Waals surface area contributed by atoms with E-state index in [4.69, 9.17) is 15.0 Å². The smallest absolute Gasteiger partial charge is 0.268 e. The lowest BCUT2D eigenvalue weighted by atomic mass is 9.96. The summed E-state index contributed by atoms with van der Waals surface area (Å²) in [4.78, 5) is 5.38. The second-order valence-electron chi connectivity index (χ2n) is 4.98. The van der Waals surface area contributed by atoms with Crippen LogP contribution in [0.5, 0.6) is 5.75 Å². The molecule has 5 nitrogen and oxygen atoms in total. The molecule has 1 aliphatic heterocycles. The highest BCUT2D eigenvalue weighted by molar-refractivity contribution is 7.19. The first-order valence-corrected chi connectivity index (χ1v) is 7.51. The first-order valence-electron chi connectivity index (χ1n) is 6.69. The molecule has 0 amide bonds. The third-order valence-electron chi connectivity index (χ3n) is 3.52. The molecular weight excluding hydrogens is 286 g/mol. The van der Waals surface area contributed by atoms with Crippen molar-refractivity contribution in [1.29, 1.82) is 0 Å². The zero-order chi connectivity index (χ0) is 14.2. The van der Waals surface area contributed by atoms with E-state index in [0.717, 1.165) is 22.0 Å². The molecule has 2 aromatic heterocycles. The van der Waals surface area contributed by atoms with E-state index in [9.17, 15) is 0 Å². The van der Waals surface area contributed by atoms with E-state index in [-0.39, 0.29) is 5.92 Å². The van der Waals surface area contributed by atoms with Gasteiger partial charge >= 0.3 is 0 Å². The van der Waals surface area contributed by atoms with Gasteiger partial charge in [-0.1, -0.05) is 23.4 Å². The number of benzene rings is 1. The summed E-state index contributed by atoms with van der Waals surface area (Å²) in [5, 5.41) is 4.83. The number of fused-ring (bicyclic) bond motifs is 1. The van der Waals surface area contributed by atoms with Crippen LogP contribution in [0.25, 0.3) is 10.8 Å². The molecule has 4 rings (SSSR count). The van der Waals surface area contributed by atoms with E-state index in [1.165, 1.54) is 16.9 Å². The molecule has 0 saturated carbocycles. The molecule has 1 atom stereocenters. The quantitative estimate of drug-likeness (QED) is 0.787. The molecule has 0 bridgehead atoms. The number of nitrogens with two attached hydrogens (primary N) is 1. The van der Waals surface area contributed by atoms with Crippen LogP contribution in [0.2, 0.25) is 0 Å². The lowest BCUT2D eigenvalue weighted by Crippen LogP contribution is -2.20. The van der Waals surface area contributed by atoms with Crippen molar-refractivity contribution in [3.63, 3.8) is 0 Å². The number of aromatic nitrogens is 2. The zero-order valence-corrected chi connectivity index (χ0v) is 12.0. The number of ether oxygens (including phenoxy) is 1. The minimum Gasteiger partial charge on any atom is -0.493 e. The van der Waals surface area contributed by atoms with Crippen molar-refractivity contribution in [1.82, 2.24) is 10.1 Å². The maximum atomic E-state index is 5.77. The minimum atomic E-state index is 0.120. The third kappa shape index (κ3) is 2.27. The Morgan fingerprint density at radius 2 is 2.10 bits per heavy atom. The molecule has 1 unspecified atom stereocenters. The summed E-state index contributed by atoms with van der Waals surface area (Å²) in [5.41, 5.74) is 6.91. The first-order chi connectivity index (χ1) is 10.3. The van der Waals surface area contributed by atoms with E-state index < -0.39 is 0 Å². The molecule has 0 fully saturated rings. The van der Waals surface area contributed by atoms with Gasteiger partial charge in [-0.05, 0) is 30.2 Å². The Bertz CT molecular complexity index is 781. The molecule has 106 valence electrons. The molecule has 0 aliphatic carbocycles. The van der Waals surface area contributed by atoms with Crippen LogP contribution in [0.4, 0.5) is 5.00 Å². The van der Waals surface area contributed by atoms with Crippen molar-refractivity contribution in [3.05, 3.63) is 47.8 Å². The van der Waals surface area contributed by atoms with E-state index in [1.54, 1.807) is 0 Å². The Balaban J connectivity index is 1.60. The Hall–Kier alpha value is -2.34. The fourth-order valence-electron chi connectivity index (χ4n) is 2.46. The molecule has 2 N–H and O–H groups in total. The van der Waals surface area contributed by atoms with Crippen molar-refractivity contribution in [2.24, 2.45) is 0 Å². The second-order valence-corrected chi connectivity index (χ2v) is 6.09. The average Bonchev–Trinajstić information content (AvgIpc) is 3.15. The molecule has 21 heavy (non-hydrogen) atoms. The maximum Gasteiger partial charge on any atom is 0.268 e. The van der Waals surface area contributed by atoms with Crippen LogP contribution in [0, 0.1) is 0 Å². The molecule has 1 aromatic carbocycles. The summed E-state index contributed by atoms with van der Waals surface area (Å²) in [6.45, 7) is 0.572. The van der Waals surface area contributed by atoms with Crippen LogP contribution in [-0.2, 0) is 6.42 Å². The van der Waals surface area contributed by atoms with Crippen molar-refractivity contribution in [2.45, 2.75) is 12.3 Å². The van der Waals surface area contributed by atoms with Gasteiger partial charge < -0.3 is 15.0 Å². The summed E-state index contributed by atoms with van der Waals surface area (Å²) >= 11 is 1.44. The van der Waals surface area contributed by atoms with Crippen LogP contribution in [-0.4, -0.2) is 16.7 Å². The van der Waals surface area contributed by atoms with Crippen LogP contribution in [0.15, 0.2) is 40.9 Å². The molecule has 1 aliphatic rings. The monoisotopic (exact) mass is 299 g/mol. The predicted molar refractivity (Wildman–Crippen MR) is 80.4 cm³/mol. The van der Waals surface area contributed by atoms with E-state index in [1.807, 2.05) is 30.3 Å². The Kier molecular flexibility index (Phi) is 2.89. The van der Waals surface area contributed by atoms with Crippen LogP contribution >= 0.6 is 11.3 Å². The number of anilines is 1. The maximum absolute atomic E-state index is 5.77. The van der Waals surface area contributed by atoms with E-state index in [0.29, 0.717) is 18.3 Å². The number of rotatable bonds is 2. The summed E-state index contributed by atoms with van der Waals surface area (Å²) in [5.74, 6) is 2.27. The van der Waals surface area contributed by atoms with E-state index in [2.05, 4.69) is 16.2 Å². The molecule has 0 saturated heterocycles. The minimum absolute atomic E-state index is 0.120. The average molecular weight is 299 g/mol. The highest BCUT2D eigenvalue weighted by Gasteiger charge is 2.25. The molecule has 0 radical (unpaired) electrons. The fraction of sp³-hybridized carbons (Fsp3) is 0.200. The number of nitrogens with zero attached hydrogens (tertiary/aromatic N) is 2. The first kappa shape index (κ1) is 12.4. The number of nitrogen functional groups attached to an aromatic ring is 1. The van der Waals surface area contributed by atoms with Crippen LogP contribution < -0.4 is 10.5 Å². The highest BCUT2D eigenvalue weighted by atomic mass is 32.1. The van der Waals surface area contributed by atoms with Gasteiger partial charge in [0.15, 0.2) is 5.82 Å². The Labute approximate surface area is 125 Å². The lowest BCUT2D eigenvalue weighted by molar-refractivity contribution is 0.254. The number of hydrogen-bond acceptors (Lipinski definition) is 6. The van der Waals surface area contributed by atoms with E-state index >= 15 is 0 Å². The summed E-state index contributed by atoms with van der Waals surface area (Å²) < 4.78 is 11.1. The topological polar surface area (TPSA) is 74.2 Å². The predicted octanol–water partition coefficient (Wildman–Crippen LogP) is 3.10. The molecule has 3 aromatic rings. The van der Waals surface area contributed by atoms with Gasteiger partial charge in [-0.3, -0.25) is 0 Å². The molecule has 3 heterocycles. The Morgan fingerprint density at radius 1 is 1.19 bits per heavy atom. The van der Waals surface area contributed by atoms with Crippen LogP contribution in [0.1, 0.15) is 17.3 Å². The SMILES string of the molecule is Nc1ccc(-c2nc(C3COc4ccccc4C3)no2)s1. The van der Waals surface area contributed by atoms with Gasteiger partial charge in [0.2, 0.25) is 0 Å². The van der Waals surface area contributed by atoms with Crippen molar-refractivity contribution in [2.75, 3.05) is 12.3 Å². The van der Waals surface area contributed by atoms with Crippen LogP contribution in [0.3, 0.4) is 0 Å². The molecular formula is C15H13N3O2S. The standard InChI is InChI=1S/C15H13N3O2S/c16-13-6-5-12(21-13)15-17-14(18-20-15)10-7-9-3-1-2-4-11(9)19-8-10/h1-6,10H,7-8,16H2. The fourth-order valence-corrected chi connectivity index (χ4v) is 3.16. The van der Waals surface area contributed by atoms with Gasteiger partial charge in [-0.15, -0.1) is 11.3 Å². The highest BCUT2D eigenvalue weighted by Crippen LogP contribution is 2.33. The summed E-state index contributed by atoms with van der Waals surface area (Å²) in [6.07, 6.45) is 0.863. The van der Waals surface area contributed by atoms with Crippen molar-refractivity contribution >= 4 is 16.3 Å². The van der Waals surface area contributed by atoms with Gasteiger partial charge in [-0.2, -0.15) is 4.98 Å². The number of para-hydroxylation sites is 1. The van der Waals surface area contributed by atoms with Gasteiger partial charge in [0.05, 0.1) is 22.4 Å². The Morgan fingerprint density at radius 3 is 2.95 bits per heavy atom. The largest absolute Gasteiger partial charge is 0.493 e. The van der Waals surface area contributed by atoms with Gasteiger partial charge in [0.25, 0.3) is 5.89 Å². The number of hydrogen-bond donors (Lipinski definition) is 1. The molecule has 6 heteroatoms. The van der Waals surface area contributed by atoms with Crippen molar-refractivity contribution < 1.29 is 9.26 Å². The van der Waals surface area contributed by atoms with Gasteiger partial charge in [0, 0.05) is 0 Å². The summed E-state index contributed by atoms with van der Waals surface area (Å²) in [6, 6.07) is 11.8. The molecule has 0 spiro atoms.